The fourth-order valence-corrected chi connectivity index (χ4v) is 2.83. The summed E-state index contributed by atoms with van der Waals surface area (Å²) in [5.74, 6) is 0. The highest BCUT2D eigenvalue weighted by atomic mass is 19.4. The van der Waals surface area contributed by atoms with Crippen molar-refractivity contribution in [3.63, 3.8) is 0 Å². The van der Waals surface area contributed by atoms with Gasteiger partial charge in [-0.2, -0.15) is 13.2 Å². The van der Waals surface area contributed by atoms with Crippen molar-refractivity contribution in [2.24, 2.45) is 0 Å². The molecule has 0 atom stereocenters. The molecule has 0 unspecified atom stereocenters. The minimum Gasteiger partial charge on any atom is -0.399 e. The Kier molecular flexibility index (Phi) is 4.78. The molecule has 0 saturated carbocycles. The van der Waals surface area contributed by atoms with Crippen LogP contribution in [0.5, 0.6) is 0 Å². The van der Waals surface area contributed by atoms with E-state index in [1.165, 1.54) is 12.1 Å². The van der Waals surface area contributed by atoms with Crippen LogP contribution >= 0.6 is 0 Å². The van der Waals surface area contributed by atoms with E-state index in [1.807, 2.05) is 14.1 Å². The van der Waals surface area contributed by atoms with Crippen LogP contribution in [0.1, 0.15) is 24.0 Å². The van der Waals surface area contributed by atoms with Gasteiger partial charge in [-0.15, -0.1) is 0 Å². The molecule has 0 radical (unpaired) electrons. The quantitative estimate of drug-likeness (QED) is 0.871. The van der Waals surface area contributed by atoms with Crippen molar-refractivity contribution in [1.29, 1.82) is 0 Å². The third-order valence-corrected chi connectivity index (χ3v) is 4.12. The van der Waals surface area contributed by atoms with Gasteiger partial charge in [0.15, 0.2) is 0 Å². The van der Waals surface area contributed by atoms with E-state index in [2.05, 4.69) is 9.80 Å². The molecule has 1 aliphatic rings. The molecule has 0 bridgehead atoms. The molecular formula is C15H22F3N3. The topological polar surface area (TPSA) is 32.5 Å². The summed E-state index contributed by atoms with van der Waals surface area (Å²) in [7, 11) is 4.09. The Bertz CT molecular complexity index is 478. The number of nitrogen functional groups attached to an aromatic ring is 1. The highest BCUT2D eigenvalue weighted by molar-refractivity contribution is 5.46. The van der Waals surface area contributed by atoms with E-state index in [-0.39, 0.29) is 5.69 Å². The van der Waals surface area contributed by atoms with Gasteiger partial charge in [0, 0.05) is 18.3 Å². The zero-order valence-electron chi connectivity index (χ0n) is 12.5. The predicted octanol–water partition coefficient (Wildman–Crippen LogP) is 2.81. The maximum Gasteiger partial charge on any atom is 0.416 e. The van der Waals surface area contributed by atoms with Crippen LogP contribution in [0.2, 0.25) is 0 Å². The Morgan fingerprint density at radius 2 is 1.86 bits per heavy atom. The second-order valence-corrected chi connectivity index (χ2v) is 5.89. The molecule has 1 aromatic rings. The predicted molar refractivity (Wildman–Crippen MR) is 77.8 cm³/mol. The van der Waals surface area contributed by atoms with E-state index in [9.17, 15) is 13.2 Å². The first-order valence-electron chi connectivity index (χ1n) is 7.12. The highest BCUT2D eigenvalue weighted by Gasteiger charge is 2.34. The minimum atomic E-state index is -4.35. The summed E-state index contributed by atoms with van der Waals surface area (Å²) in [5.41, 5.74) is 5.33. The van der Waals surface area contributed by atoms with Gasteiger partial charge >= 0.3 is 6.18 Å². The second-order valence-electron chi connectivity index (χ2n) is 5.89. The monoisotopic (exact) mass is 301 g/mol. The van der Waals surface area contributed by atoms with Gasteiger partial charge in [-0.3, -0.25) is 4.90 Å². The summed E-state index contributed by atoms with van der Waals surface area (Å²) in [4.78, 5) is 4.27. The number of halogens is 3. The number of nitrogens with zero attached hydrogens (tertiary/aromatic N) is 2. The number of hydrogen-bond donors (Lipinski definition) is 1. The lowest BCUT2D eigenvalue weighted by molar-refractivity contribution is -0.138. The molecule has 0 aliphatic carbocycles. The highest BCUT2D eigenvalue weighted by Crippen LogP contribution is 2.34. The first-order chi connectivity index (χ1) is 9.77. The van der Waals surface area contributed by atoms with E-state index in [4.69, 9.17) is 5.73 Å². The molecule has 1 saturated heterocycles. The summed E-state index contributed by atoms with van der Waals surface area (Å²) in [5, 5.41) is 0. The summed E-state index contributed by atoms with van der Waals surface area (Å²) in [6, 6.07) is 4.59. The summed E-state index contributed by atoms with van der Waals surface area (Å²) in [6.45, 7) is 1.98. The van der Waals surface area contributed by atoms with E-state index < -0.39 is 11.7 Å². The van der Waals surface area contributed by atoms with Crippen molar-refractivity contribution in [2.45, 2.75) is 31.6 Å². The zero-order valence-corrected chi connectivity index (χ0v) is 12.5. The van der Waals surface area contributed by atoms with Crippen molar-refractivity contribution in [2.75, 3.05) is 32.9 Å². The van der Waals surface area contributed by atoms with Gasteiger partial charge < -0.3 is 10.6 Å². The average molecular weight is 301 g/mol. The molecular weight excluding hydrogens is 279 g/mol. The second kappa shape index (κ2) is 6.23. The number of hydrogen-bond acceptors (Lipinski definition) is 3. The van der Waals surface area contributed by atoms with Crippen LogP contribution in [0, 0.1) is 0 Å². The first kappa shape index (κ1) is 16.1. The van der Waals surface area contributed by atoms with Gasteiger partial charge in [-0.25, -0.2) is 0 Å². The van der Waals surface area contributed by atoms with Crippen LogP contribution in [-0.2, 0) is 12.7 Å². The van der Waals surface area contributed by atoms with Crippen LogP contribution in [0.15, 0.2) is 18.2 Å². The van der Waals surface area contributed by atoms with Gasteiger partial charge in [-0.05, 0) is 57.7 Å². The lowest BCUT2D eigenvalue weighted by atomic mass is 10.0. The average Bonchev–Trinajstić information content (AvgIpc) is 2.40. The molecule has 3 nitrogen and oxygen atoms in total. The SMILES string of the molecule is CN(C)C1CCN(Cc2ccc(N)cc2C(F)(F)F)CC1. The number of alkyl halides is 3. The number of piperidine rings is 1. The minimum absolute atomic E-state index is 0.150. The number of benzene rings is 1. The molecule has 2 N–H and O–H groups in total. The standard InChI is InChI=1S/C15H22F3N3/c1-20(2)13-5-7-21(8-6-13)10-11-3-4-12(19)9-14(11)15(16,17)18/h3-4,9,13H,5-8,10,19H2,1-2H3. The fraction of sp³-hybridized carbons (Fsp3) is 0.600. The third kappa shape index (κ3) is 4.11. The zero-order chi connectivity index (χ0) is 15.6. The number of likely N-dealkylation sites (tertiary alicyclic amines) is 1. The molecule has 1 fully saturated rings. The van der Waals surface area contributed by atoms with Crippen LogP contribution < -0.4 is 5.73 Å². The van der Waals surface area contributed by atoms with Crippen LogP contribution in [-0.4, -0.2) is 43.0 Å². The molecule has 1 aliphatic heterocycles. The lowest BCUT2D eigenvalue weighted by Gasteiger charge is -2.35. The summed E-state index contributed by atoms with van der Waals surface area (Å²) >= 11 is 0. The maximum absolute atomic E-state index is 13.1. The summed E-state index contributed by atoms with van der Waals surface area (Å²) < 4.78 is 39.2. The van der Waals surface area contributed by atoms with Gasteiger partial charge in [0.05, 0.1) is 5.56 Å². The molecule has 6 heteroatoms. The van der Waals surface area contributed by atoms with Gasteiger partial charge in [0.1, 0.15) is 0 Å². The number of anilines is 1. The molecule has 1 aromatic carbocycles. The number of rotatable bonds is 3. The van der Waals surface area contributed by atoms with Crippen LogP contribution in [0.25, 0.3) is 0 Å². The van der Waals surface area contributed by atoms with Crippen LogP contribution in [0.3, 0.4) is 0 Å². The van der Waals surface area contributed by atoms with E-state index in [0.717, 1.165) is 32.0 Å². The van der Waals surface area contributed by atoms with Gasteiger partial charge in [-0.1, -0.05) is 6.07 Å². The molecule has 21 heavy (non-hydrogen) atoms. The lowest BCUT2D eigenvalue weighted by Crippen LogP contribution is -2.41. The first-order valence-corrected chi connectivity index (χ1v) is 7.12. The Balaban J connectivity index is 2.07. The van der Waals surface area contributed by atoms with Gasteiger partial charge in [0.2, 0.25) is 0 Å². The Labute approximate surface area is 123 Å². The molecule has 1 heterocycles. The van der Waals surface area contributed by atoms with Crippen LogP contribution in [0.4, 0.5) is 18.9 Å². The maximum atomic E-state index is 13.1. The fourth-order valence-electron chi connectivity index (χ4n) is 2.83. The normalized spacial score (nSPS) is 18.4. The van der Waals surface area contributed by atoms with Crippen molar-refractivity contribution >= 4 is 5.69 Å². The van der Waals surface area contributed by atoms with Crippen molar-refractivity contribution in [3.05, 3.63) is 29.3 Å². The van der Waals surface area contributed by atoms with Gasteiger partial charge in [0.25, 0.3) is 0 Å². The summed E-state index contributed by atoms with van der Waals surface area (Å²) in [6.07, 6.45) is -2.38. The third-order valence-electron chi connectivity index (χ3n) is 4.12. The molecule has 0 aromatic heterocycles. The number of nitrogens with two attached hydrogens (primary N) is 1. The smallest absolute Gasteiger partial charge is 0.399 e. The molecule has 118 valence electrons. The van der Waals surface area contributed by atoms with E-state index in [1.54, 1.807) is 0 Å². The Hall–Kier alpha value is -1.27. The van der Waals surface area contributed by atoms with E-state index in [0.29, 0.717) is 18.2 Å². The molecule has 0 spiro atoms. The van der Waals surface area contributed by atoms with Crippen molar-refractivity contribution < 1.29 is 13.2 Å². The Morgan fingerprint density at radius 1 is 1.24 bits per heavy atom. The van der Waals surface area contributed by atoms with Crippen molar-refractivity contribution in [1.82, 2.24) is 9.80 Å². The van der Waals surface area contributed by atoms with E-state index >= 15 is 0 Å². The molecule has 0 amide bonds. The molecule has 2 rings (SSSR count). The van der Waals surface area contributed by atoms with Crippen molar-refractivity contribution in [3.8, 4) is 0 Å². The largest absolute Gasteiger partial charge is 0.416 e. The Morgan fingerprint density at radius 3 is 2.38 bits per heavy atom.